The lowest BCUT2D eigenvalue weighted by atomic mass is 9.94. The van der Waals surface area contributed by atoms with E-state index in [4.69, 9.17) is 19.0 Å². The Hall–Kier alpha value is -4.41. The summed E-state index contributed by atoms with van der Waals surface area (Å²) < 4.78 is 18.3. The molecule has 0 radical (unpaired) electrons. The number of ether oxygens (including phenoxy) is 2. The van der Waals surface area contributed by atoms with E-state index in [0.29, 0.717) is 30.4 Å². The third-order valence-corrected chi connectivity index (χ3v) is 6.49. The van der Waals surface area contributed by atoms with Crippen LogP contribution in [0.15, 0.2) is 47.3 Å². The van der Waals surface area contributed by atoms with E-state index >= 15 is 0 Å². The van der Waals surface area contributed by atoms with Gasteiger partial charge in [0.05, 0.1) is 30.2 Å². The molecule has 5 rings (SSSR count). The van der Waals surface area contributed by atoms with Crippen molar-refractivity contribution in [2.24, 2.45) is 0 Å². The Kier molecular flexibility index (Phi) is 6.98. The number of nitrogens with one attached hydrogen (secondary N) is 1. The third kappa shape index (κ3) is 5.87. The molecule has 1 saturated heterocycles. The largest absolute Gasteiger partial charge is 0.493 e. The van der Waals surface area contributed by atoms with E-state index in [-0.39, 0.29) is 17.7 Å². The van der Waals surface area contributed by atoms with Gasteiger partial charge < -0.3 is 24.1 Å². The molecule has 0 saturated carbocycles. The van der Waals surface area contributed by atoms with Crippen molar-refractivity contribution < 1.29 is 23.5 Å². The summed E-state index contributed by atoms with van der Waals surface area (Å²) in [4.78, 5) is 35.7. The molecule has 1 aliphatic heterocycles. The van der Waals surface area contributed by atoms with Crippen molar-refractivity contribution in [1.82, 2.24) is 24.5 Å². The molecule has 0 aliphatic carbocycles. The standard InChI is InChI=1S/C28H32N6O5/c1-17-12-19(6-9-29-17)26-31-23(16-38-26)25(35)30-22-14-20-13-21(32-34(20)15-24(22)37-5)18-7-10-33(11-8-18)27(36)39-28(2,3)4/h6,9,12-16,18H,7-8,10-11H2,1-5H3,(H,30,35). The number of carbonyl (C=O) groups is 2. The highest BCUT2D eigenvalue weighted by Crippen LogP contribution is 2.32. The summed E-state index contributed by atoms with van der Waals surface area (Å²) in [5.41, 5.74) is 3.42. The normalized spacial score (nSPS) is 14.4. The summed E-state index contributed by atoms with van der Waals surface area (Å²) in [5, 5.41) is 7.63. The number of rotatable bonds is 5. The third-order valence-electron chi connectivity index (χ3n) is 6.49. The SMILES string of the molecule is COc1cn2nc(C3CCN(C(=O)OC(C)(C)C)CC3)cc2cc1NC(=O)c1coc(-c2ccnc(C)c2)n1. The summed E-state index contributed by atoms with van der Waals surface area (Å²) in [6.45, 7) is 8.69. The quantitative estimate of drug-likeness (QED) is 0.378. The van der Waals surface area contributed by atoms with E-state index in [2.05, 4.69) is 15.3 Å². The van der Waals surface area contributed by atoms with Gasteiger partial charge in [0.25, 0.3) is 5.91 Å². The Morgan fingerprint density at radius 1 is 1.15 bits per heavy atom. The summed E-state index contributed by atoms with van der Waals surface area (Å²) in [6, 6.07) is 7.43. The van der Waals surface area contributed by atoms with E-state index in [0.717, 1.165) is 35.3 Å². The summed E-state index contributed by atoms with van der Waals surface area (Å²) in [7, 11) is 1.54. The maximum atomic E-state index is 13.0. The molecule has 11 nitrogen and oxygen atoms in total. The van der Waals surface area contributed by atoms with Crippen LogP contribution in [0.3, 0.4) is 0 Å². The highest BCUT2D eigenvalue weighted by molar-refractivity contribution is 6.04. The Bertz CT molecular complexity index is 1510. The van der Waals surface area contributed by atoms with Gasteiger partial charge in [0, 0.05) is 36.5 Å². The Balaban J connectivity index is 1.29. The van der Waals surface area contributed by atoms with Crippen LogP contribution in [0.25, 0.3) is 17.0 Å². The first kappa shape index (κ1) is 26.2. The monoisotopic (exact) mass is 532 g/mol. The fourth-order valence-corrected chi connectivity index (χ4v) is 4.56. The maximum absolute atomic E-state index is 13.0. The molecule has 1 fully saturated rings. The molecule has 2 amide bonds. The summed E-state index contributed by atoms with van der Waals surface area (Å²) in [6.07, 6.45) is 6.02. The molecule has 39 heavy (non-hydrogen) atoms. The van der Waals surface area contributed by atoms with E-state index in [9.17, 15) is 9.59 Å². The molecular formula is C28H32N6O5. The fourth-order valence-electron chi connectivity index (χ4n) is 4.56. The van der Waals surface area contributed by atoms with Crippen LogP contribution in [0.5, 0.6) is 5.75 Å². The first-order valence-corrected chi connectivity index (χ1v) is 12.8. The number of likely N-dealkylation sites (tertiary alicyclic amines) is 1. The molecule has 4 aromatic rings. The number of fused-ring (bicyclic) bond motifs is 1. The van der Waals surface area contributed by atoms with Gasteiger partial charge in [0.15, 0.2) is 11.4 Å². The maximum Gasteiger partial charge on any atom is 0.410 e. The average Bonchev–Trinajstić information content (AvgIpc) is 3.55. The topological polar surface area (TPSA) is 124 Å². The first-order valence-electron chi connectivity index (χ1n) is 12.8. The zero-order valence-electron chi connectivity index (χ0n) is 22.7. The van der Waals surface area contributed by atoms with Gasteiger partial charge in [0.2, 0.25) is 5.89 Å². The van der Waals surface area contributed by atoms with Crippen molar-refractivity contribution in [3.05, 3.63) is 60.0 Å². The molecule has 0 aromatic carbocycles. The molecule has 0 spiro atoms. The molecular weight excluding hydrogens is 500 g/mol. The number of amides is 2. The van der Waals surface area contributed by atoms with Gasteiger partial charge in [0.1, 0.15) is 11.9 Å². The van der Waals surface area contributed by atoms with Crippen LogP contribution in [0.4, 0.5) is 10.5 Å². The molecule has 4 aromatic heterocycles. The molecule has 11 heteroatoms. The molecule has 0 atom stereocenters. The van der Waals surface area contributed by atoms with Crippen LogP contribution in [-0.4, -0.2) is 62.3 Å². The van der Waals surface area contributed by atoms with Crippen LogP contribution in [0.1, 0.15) is 61.4 Å². The molecule has 1 aliphatic rings. The van der Waals surface area contributed by atoms with Gasteiger partial charge in [-0.05, 0) is 64.8 Å². The molecule has 5 heterocycles. The lowest BCUT2D eigenvalue weighted by Gasteiger charge is -2.32. The second-order valence-electron chi connectivity index (χ2n) is 10.6. The number of oxazole rings is 1. The number of piperidine rings is 1. The number of hydrogen-bond donors (Lipinski definition) is 1. The first-order chi connectivity index (χ1) is 18.6. The molecule has 0 bridgehead atoms. The summed E-state index contributed by atoms with van der Waals surface area (Å²) in [5.74, 6) is 0.579. The Labute approximate surface area is 226 Å². The van der Waals surface area contributed by atoms with E-state index in [1.165, 1.54) is 13.4 Å². The molecule has 0 unspecified atom stereocenters. The summed E-state index contributed by atoms with van der Waals surface area (Å²) >= 11 is 0. The number of pyridine rings is 2. The Morgan fingerprint density at radius 3 is 2.62 bits per heavy atom. The number of hydrogen-bond acceptors (Lipinski definition) is 8. The lowest BCUT2D eigenvalue weighted by molar-refractivity contribution is 0.0204. The minimum absolute atomic E-state index is 0.146. The van der Waals surface area contributed by atoms with Gasteiger partial charge in [-0.15, -0.1) is 0 Å². The lowest BCUT2D eigenvalue weighted by Crippen LogP contribution is -2.41. The fraction of sp³-hybridized carbons (Fsp3) is 0.393. The Morgan fingerprint density at radius 2 is 1.92 bits per heavy atom. The van der Waals surface area contributed by atoms with Crippen LogP contribution < -0.4 is 10.1 Å². The van der Waals surface area contributed by atoms with Crippen molar-refractivity contribution >= 4 is 23.2 Å². The van der Waals surface area contributed by atoms with Crippen molar-refractivity contribution in [2.45, 2.75) is 52.1 Å². The highest BCUT2D eigenvalue weighted by atomic mass is 16.6. The van der Waals surface area contributed by atoms with E-state index in [1.807, 2.05) is 45.9 Å². The van der Waals surface area contributed by atoms with Gasteiger partial charge in [-0.1, -0.05) is 0 Å². The minimum atomic E-state index is -0.517. The second-order valence-corrected chi connectivity index (χ2v) is 10.6. The number of carbonyl (C=O) groups excluding carboxylic acids is 2. The van der Waals surface area contributed by atoms with E-state index in [1.54, 1.807) is 27.9 Å². The predicted molar refractivity (Wildman–Crippen MR) is 144 cm³/mol. The van der Waals surface area contributed by atoms with Crippen LogP contribution in [-0.2, 0) is 4.74 Å². The predicted octanol–water partition coefficient (Wildman–Crippen LogP) is 5.07. The van der Waals surface area contributed by atoms with Gasteiger partial charge in [-0.3, -0.25) is 9.78 Å². The van der Waals surface area contributed by atoms with Crippen molar-refractivity contribution in [1.29, 1.82) is 0 Å². The number of nitrogens with zero attached hydrogens (tertiary/aromatic N) is 5. The molecule has 204 valence electrons. The van der Waals surface area contributed by atoms with Crippen LogP contribution >= 0.6 is 0 Å². The van der Waals surface area contributed by atoms with Gasteiger partial charge >= 0.3 is 6.09 Å². The van der Waals surface area contributed by atoms with E-state index < -0.39 is 11.5 Å². The zero-order valence-corrected chi connectivity index (χ0v) is 22.7. The van der Waals surface area contributed by atoms with Crippen LogP contribution in [0, 0.1) is 6.92 Å². The average molecular weight is 533 g/mol. The van der Waals surface area contributed by atoms with Gasteiger partial charge in [-0.2, -0.15) is 5.10 Å². The minimum Gasteiger partial charge on any atom is -0.493 e. The van der Waals surface area contributed by atoms with Crippen molar-refractivity contribution in [2.75, 3.05) is 25.5 Å². The smallest absolute Gasteiger partial charge is 0.410 e. The number of anilines is 1. The van der Waals surface area contributed by atoms with Crippen molar-refractivity contribution in [3.63, 3.8) is 0 Å². The number of aryl methyl sites for hydroxylation is 1. The number of methoxy groups -OCH3 is 1. The highest BCUT2D eigenvalue weighted by Gasteiger charge is 2.29. The van der Waals surface area contributed by atoms with Gasteiger partial charge in [-0.25, -0.2) is 14.3 Å². The number of aromatic nitrogens is 4. The second kappa shape index (κ2) is 10.4. The zero-order chi connectivity index (χ0) is 27.7. The molecule has 1 N–H and O–H groups in total. The van der Waals surface area contributed by atoms with Crippen LogP contribution in [0.2, 0.25) is 0 Å². The van der Waals surface area contributed by atoms with Crippen molar-refractivity contribution in [3.8, 4) is 17.2 Å².